The van der Waals surface area contributed by atoms with Crippen LogP contribution in [-0.4, -0.2) is 52.1 Å². The van der Waals surface area contributed by atoms with Gasteiger partial charge in [-0.15, -0.1) is 0 Å². The van der Waals surface area contributed by atoms with E-state index in [0.717, 1.165) is 68.6 Å². The van der Waals surface area contributed by atoms with Crippen LogP contribution in [0.3, 0.4) is 0 Å². The zero-order valence-electron chi connectivity index (χ0n) is 18.0. The van der Waals surface area contributed by atoms with Gasteiger partial charge < -0.3 is 14.3 Å². The van der Waals surface area contributed by atoms with E-state index in [4.69, 9.17) is 4.52 Å². The highest BCUT2D eigenvalue weighted by atomic mass is 16.5. The van der Waals surface area contributed by atoms with Crippen LogP contribution in [0.1, 0.15) is 36.9 Å². The number of benzene rings is 1. The number of fused-ring (bicyclic) bond motifs is 1. The fraction of sp³-hybridized carbons (Fsp3) is 0.500. The van der Waals surface area contributed by atoms with Crippen molar-refractivity contribution in [2.45, 2.75) is 39.0 Å². The summed E-state index contributed by atoms with van der Waals surface area (Å²) in [5.74, 6) is 1.82. The highest BCUT2D eigenvalue weighted by Crippen LogP contribution is 2.31. The Morgan fingerprint density at radius 3 is 2.71 bits per heavy atom. The van der Waals surface area contributed by atoms with Crippen LogP contribution in [0.2, 0.25) is 0 Å². The molecule has 0 radical (unpaired) electrons. The number of rotatable bonds is 4. The number of piperidine rings is 2. The quantitative estimate of drug-likeness (QED) is 0.643. The molecule has 0 unspecified atom stereocenters. The molecule has 0 N–H and O–H groups in total. The first-order chi connectivity index (χ1) is 15.2. The summed E-state index contributed by atoms with van der Waals surface area (Å²) in [5, 5.41) is 4.90. The minimum Gasteiger partial charge on any atom is -0.355 e. The van der Waals surface area contributed by atoms with Crippen LogP contribution >= 0.6 is 0 Å². The van der Waals surface area contributed by atoms with Crippen molar-refractivity contribution in [1.29, 1.82) is 0 Å². The van der Waals surface area contributed by atoms with Crippen molar-refractivity contribution in [2.75, 3.05) is 31.1 Å². The molecule has 2 fully saturated rings. The molecular weight excluding hydrogens is 390 g/mol. The molecule has 2 saturated heterocycles. The maximum absolute atomic E-state index is 13.3. The van der Waals surface area contributed by atoms with E-state index in [1.807, 2.05) is 6.92 Å². The Kier molecular flexibility index (Phi) is 5.57. The van der Waals surface area contributed by atoms with Gasteiger partial charge in [-0.3, -0.25) is 4.79 Å². The van der Waals surface area contributed by atoms with E-state index in [2.05, 4.69) is 55.3 Å². The summed E-state index contributed by atoms with van der Waals surface area (Å²) in [7, 11) is 0. The van der Waals surface area contributed by atoms with Crippen molar-refractivity contribution in [3.05, 3.63) is 47.9 Å². The van der Waals surface area contributed by atoms with Crippen LogP contribution in [0, 0.1) is 18.8 Å². The Morgan fingerprint density at radius 2 is 1.90 bits per heavy atom. The van der Waals surface area contributed by atoms with Crippen LogP contribution < -0.4 is 4.90 Å². The lowest BCUT2D eigenvalue weighted by molar-refractivity contribution is -0.137. The van der Waals surface area contributed by atoms with Gasteiger partial charge in [-0.2, -0.15) is 4.98 Å². The summed E-state index contributed by atoms with van der Waals surface area (Å²) in [6.07, 6.45) is 6.73. The fourth-order valence-corrected chi connectivity index (χ4v) is 5.08. The molecule has 5 rings (SSSR count). The highest BCUT2D eigenvalue weighted by molar-refractivity contribution is 5.88. The van der Waals surface area contributed by atoms with Crippen molar-refractivity contribution in [3.8, 4) is 0 Å². The van der Waals surface area contributed by atoms with Gasteiger partial charge in [0.05, 0.1) is 11.6 Å². The van der Waals surface area contributed by atoms with Crippen LogP contribution in [-0.2, 0) is 11.2 Å². The maximum Gasteiger partial charge on any atom is 0.263 e. The van der Waals surface area contributed by atoms with Crippen LogP contribution in [0.25, 0.3) is 11.1 Å². The second-order valence-corrected chi connectivity index (χ2v) is 8.89. The molecule has 4 heterocycles. The second-order valence-electron chi connectivity index (χ2n) is 8.89. The van der Waals surface area contributed by atoms with Gasteiger partial charge in [0.1, 0.15) is 17.5 Å². The molecule has 7 nitrogen and oxygen atoms in total. The molecule has 2 aliphatic heterocycles. The average Bonchev–Trinajstić information content (AvgIpc) is 3.21. The number of amides is 1. The summed E-state index contributed by atoms with van der Waals surface area (Å²) in [5.41, 5.74) is 2.70. The number of hydrogen-bond donors (Lipinski definition) is 0. The molecule has 2 aromatic heterocycles. The van der Waals surface area contributed by atoms with Gasteiger partial charge in [-0.25, -0.2) is 4.98 Å². The highest BCUT2D eigenvalue weighted by Gasteiger charge is 2.33. The Bertz CT molecular complexity index is 1040. The van der Waals surface area contributed by atoms with Crippen LogP contribution in [0.5, 0.6) is 0 Å². The first-order valence-corrected chi connectivity index (χ1v) is 11.3. The topological polar surface area (TPSA) is 75.4 Å². The van der Waals surface area contributed by atoms with Crippen molar-refractivity contribution in [3.63, 3.8) is 0 Å². The van der Waals surface area contributed by atoms with Crippen molar-refractivity contribution in [2.24, 2.45) is 11.8 Å². The molecule has 2 aliphatic rings. The molecule has 1 atom stereocenters. The summed E-state index contributed by atoms with van der Waals surface area (Å²) in [6, 6.07) is 10.7. The summed E-state index contributed by atoms with van der Waals surface area (Å²) >= 11 is 0. The number of aryl methyl sites for hydroxylation is 1. The molecule has 31 heavy (non-hydrogen) atoms. The third-order valence-electron chi connectivity index (χ3n) is 6.79. The van der Waals surface area contributed by atoms with E-state index in [9.17, 15) is 4.79 Å². The summed E-state index contributed by atoms with van der Waals surface area (Å²) in [4.78, 5) is 26.3. The number of carbonyl (C=O) groups excluding carboxylic acids is 1. The molecule has 0 saturated carbocycles. The van der Waals surface area contributed by atoms with Gasteiger partial charge in [-0.05, 0) is 50.5 Å². The van der Waals surface area contributed by atoms with E-state index in [-0.39, 0.29) is 5.92 Å². The molecule has 7 heteroatoms. The molecule has 3 aromatic rings. The molecule has 0 aliphatic carbocycles. The second kappa shape index (κ2) is 8.65. The number of carbonyl (C=O) groups is 1. The fourth-order valence-electron chi connectivity index (χ4n) is 5.08. The number of aromatic nitrogens is 3. The van der Waals surface area contributed by atoms with E-state index in [1.54, 1.807) is 0 Å². The lowest BCUT2D eigenvalue weighted by Crippen LogP contribution is -2.47. The average molecular weight is 420 g/mol. The molecular formula is C24H29N5O2. The Labute approximate surface area is 182 Å². The zero-order valence-corrected chi connectivity index (χ0v) is 18.0. The molecule has 162 valence electrons. The Hall–Kier alpha value is -2.96. The molecule has 1 amide bonds. The van der Waals surface area contributed by atoms with E-state index in [1.165, 1.54) is 11.9 Å². The lowest BCUT2D eigenvalue weighted by Gasteiger charge is -2.38. The SMILES string of the molecule is Cc1noc2ncnc(N3CCC[C@@H](C(=O)N4CCC(Cc5ccccc5)CC4)C3)c12. The minimum absolute atomic E-state index is 0.0182. The largest absolute Gasteiger partial charge is 0.355 e. The van der Waals surface area contributed by atoms with Crippen molar-refractivity contribution >= 4 is 22.8 Å². The monoisotopic (exact) mass is 419 g/mol. The van der Waals surface area contributed by atoms with Gasteiger partial charge in [0.15, 0.2) is 0 Å². The zero-order chi connectivity index (χ0) is 21.2. The summed E-state index contributed by atoms with van der Waals surface area (Å²) < 4.78 is 5.30. The minimum atomic E-state index is 0.0182. The third-order valence-corrected chi connectivity index (χ3v) is 6.79. The standard InChI is InChI=1S/C24H29N5O2/c1-17-21-22(25-16-26-23(21)31-27-17)29-11-5-8-20(15-29)24(30)28-12-9-19(10-13-28)14-18-6-3-2-4-7-18/h2-4,6-7,16,19-20H,5,8-15H2,1H3/t20-/m1/s1. The van der Waals surface area contributed by atoms with Gasteiger partial charge in [-0.1, -0.05) is 35.5 Å². The number of hydrogen-bond acceptors (Lipinski definition) is 6. The molecule has 1 aromatic carbocycles. The van der Waals surface area contributed by atoms with E-state index in [0.29, 0.717) is 24.1 Å². The van der Waals surface area contributed by atoms with Gasteiger partial charge in [0, 0.05) is 26.2 Å². The van der Waals surface area contributed by atoms with Gasteiger partial charge in [0.2, 0.25) is 5.91 Å². The number of anilines is 1. The van der Waals surface area contributed by atoms with E-state index >= 15 is 0 Å². The van der Waals surface area contributed by atoms with E-state index < -0.39 is 0 Å². The van der Waals surface area contributed by atoms with Crippen LogP contribution in [0.15, 0.2) is 41.2 Å². The molecule has 0 spiro atoms. The van der Waals surface area contributed by atoms with Crippen LogP contribution in [0.4, 0.5) is 5.82 Å². The maximum atomic E-state index is 13.3. The van der Waals surface area contributed by atoms with Gasteiger partial charge in [0.25, 0.3) is 5.71 Å². The first kappa shape index (κ1) is 20.0. The smallest absolute Gasteiger partial charge is 0.263 e. The number of likely N-dealkylation sites (tertiary alicyclic amines) is 1. The van der Waals surface area contributed by atoms with Gasteiger partial charge >= 0.3 is 0 Å². The Balaban J connectivity index is 1.22. The van der Waals surface area contributed by atoms with Crippen molar-refractivity contribution in [1.82, 2.24) is 20.0 Å². The van der Waals surface area contributed by atoms with Crippen molar-refractivity contribution < 1.29 is 9.32 Å². The normalized spacial score (nSPS) is 20.4. The summed E-state index contributed by atoms with van der Waals surface area (Å²) in [6.45, 7) is 5.23. The lowest BCUT2D eigenvalue weighted by atomic mass is 9.89. The predicted molar refractivity (Wildman–Crippen MR) is 119 cm³/mol. The first-order valence-electron chi connectivity index (χ1n) is 11.3. The number of nitrogens with zero attached hydrogens (tertiary/aromatic N) is 5. The third kappa shape index (κ3) is 4.13. The Morgan fingerprint density at radius 1 is 1.10 bits per heavy atom. The molecule has 0 bridgehead atoms. The predicted octanol–water partition coefficient (Wildman–Crippen LogP) is 3.62.